The number of nitrogens with zero attached hydrogens (tertiary/aromatic N) is 2. The zero-order chi connectivity index (χ0) is 14.7. The van der Waals surface area contributed by atoms with Gasteiger partial charge in [0.15, 0.2) is 0 Å². The zero-order valence-electron chi connectivity index (χ0n) is 12.8. The van der Waals surface area contributed by atoms with E-state index in [1.165, 1.54) is 10.9 Å². The summed E-state index contributed by atoms with van der Waals surface area (Å²) >= 11 is 0. The molecule has 1 saturated heterocycles. The molecule has 3 rings (SSSR count). The third kappa shape index (κ3) is 3.59. The van der Waals surface area contributed by atoms with E-state index in [0.717, 1.165) is 44.0 Å². The molecule has 112 valence electrons. The summed E-state index contributed by atoms with van der Waals surface area (Å²) in [5.74, 6) is 0. The van der Waals surface area contributed by atoms with E-state index in [1.54, 1.807) is 0 Å². The van der Waals surface area contributed by atoms with Gasteiger partial charge in [-0.2, -0.15) is 0 Å². The fraction of sp³-hybridized carbons (Fsp3) is 0.471. The van der Waals surface area contributed by atoms with Gasteiger partial charge in [-0.25, -0.2) is 0 Å². The summed E-state index contributed by atoms with van der Waals surface area (Å²) in [5, 5.41) is 4.63. The number of para-hydroxylation sites is 1. The largest absolute Gasteiger partial charge is 0.374 e. The lowest BCUT2D eigenvalue weighted by Crippen LogP contribution is -2.44. The van der Waals surface area contributed by atoms with E-state index in [2.05, 4.69) is 53.4 Å². The van der Waals surface area contributed by atoms with Crippen LogP contribution in [0.15, 0.2) is 30.3 Å². The van der Waals surface area contributed by atoms with Crippen molar-refractivity contribution >= 4 is 10.9 Å². The first-order valence-electron chi connectivity index (χ1n) is 7.58. The number of aromatic nitrogens is 1. The smallest absolute Gasteiger partial charge is 0.0826 e. The molecule has 21 heavy (non-hydrogen) atoms. The molecule has 1 aromatic carbocycles. The number of aryl methyl sites for hydroxylation is 1. The lowest BCUT2D eigenvalue weighted by Gasteiger charge is -2.28. The van der Waals surface area contributed by atoms with Crippen LogP contribution in [0.25, 0.3) is 10.9 Å². The minimum atomic E-state index is 0.290. The summed E-state index contributed by atoms with van der Waals surface area (Å²) in [5.41, 5.74) is 3.49. The molecule has 0 amide bonds. The van der Waals surface area contributed by atoms with Gasteiger partial charge in [-0.1, -0.05) is 18.2 Å². The molecule has 1 aliphatic heterocycles. The molecular formula is C17H23N3O. The van der Waals surface area contributed by atoms with E-state index in [0.29, 0.717) is 0 Å². The highest BCUT2D eigenvalue weighted by molar-refractivity contribution is 5.82. The first kappa shape index (κ1) is 14.4. The summed E-state index contributed by atoms with van der Waals surface area (Å²) in [7, 11) is 2.16. The van der Waals surface area contributed by atoms with E-state index in [-0.39, 0.29) is 6.10 Å². The second-order valence-electron chi connectivity index (χ2n) is 5.83. The Morgan fingerprint density at radius 1 is 1.38 bits per heavy atom. The number of likely N-dealkylation sites (N-methyl/N-ethyl adjacent to an activating group) is 1. The van der Waals surface area contributed by atoms with Crippen LogP contribution in [0.4, 0.5) is 0 Å². The van der Waals surface area contributed by atoms with Crippen molar-refractivity contribution in [2.45, 2.75) is 19.6 Å². The SMILES string of the molecule is Cc1cc(CN(C)CC2CNCCO2)c2ccccc2n1. The molecule has 1 N–H and O–H groups in total. The Morgan fingerprint density at radius 3 is 3.05 bits per heavy atom. The van der Waals surface area contributed by atoms with Gasteiger partial charge in [0.05, 0.1) is 18.2 Å². The average Bonchev–Trinajstić information content (AvgIpc) is 2.48. The van der Waals surface area contributed by atoms with Crippen molar-refractivity contribution in [3.8, 4) is 0 Å². The van der Waals surface area contributed by atoms with E-state index < -0.39 is 0 Å². The highest BCUT2D eigenvalue weighted by Crippen LogP contribution is 2.19. The summed E-state index contributed by atoms with van der Waals surface area (Å²) in [6.07, 6.45) is 0.290. The highest BCUT2D eigenvalue weighted by Gasteiger charge is 2.16. The second kappa shape index (κ2) is 6.52. The van der Waals surface area contributed by atoms with Crippen LogP contribution in [0, 0.1) is 6.92 Å². The van der Waals surface area contributed by atoms with Crippen molar-refractivity contribution in [2.75, 3.05) is 33.3 Å². The molecule has 1 aromatic heterocycles. The standard InChI is InChI=1S/C17H23N3O/c1-13-9-14(16-5-3-4-6-17(16)19-13)11-20(2)12-15-10-18-7-8-21-15/h3-6,9,15,18H,7-8,10-12H2,1-2H3. The lowest BCUT2D eigenvalue weighted by atomic mass is 10.1. The van der Waals surface area contributed by atoms with Crippen LogP contribution in [-0.4, -0.2) is 49.3 Å². The van der Waals surface area contributed by atoms with Crippen molar-refractivity contribution in [2.24, 2.45) is 0 Å². The van der Waals surface area contributed by atoms with Crippen LogP contribution in [0.1, 0.15) is 11.3 Å². The van der Waals surface area contributed by atoms with Crippen molar-refractivity contribution in [3.63, 3.8) is 0 Å². The van der Waals surface area contributed by atoms with Crippen molar-refractivity contribution in [3.05, 3.63) is 41.6 Å². The van der Waals surface area contributed by atoms with Crippen LogP contribution < -0.4 is 5.32 Å². The maximum Gasteiger partial charge on any atom is 0.0826 e. The highest BCUT2D eigenvalue weighted by atomic mass is 16.5. The van der Waals surface area contributed by atoms with Crippen LogP contribution >= 0.6 is 0 Å². The normalized spacial score (nSPS) is 19.3. The number of hydrogen-bond acceptors (Lipinski definition) is 4. The molecule has 0 radical (unpaired) electrons. The van der Waals surface area contributed by atoms with Crippen LogP contribution in [0.5, 0.6) is 0 Å². The molecule has 0 bridgehead atoms. The topological polar surface area (TPSA) is 37.4 Å². The van der Waals surface area contributed by atoms with Crippen molar-refractivity contribution in [1.29, 1.82) is 0 Å². The molecular weight excluding hydrogens is 262 g/mol. The monoisotopic (exact) mass is 285 g/mol. The fourth-order valence-electron chi connectivity index (χ4n) is 2.97. The fourth-order valence-corrected chi connectivity index (χ4v) is 2.97. The minimum Gasteiger partial charge on any atom is -0.374 e. The number of nitrogens with one attached hydrogen (secondary N) is 1. The number of benzene rings is 1. The minimum absolute atomic E-state index is 0.290. The first-order chi connectivity index (χ1) is 10.2. The Labute approximate surface area is 126 Å². The molecule has 1 unspecified atom stereocenters. The number of morpholine rings is 1. The van der Waals surface area contributed by atoms with Gasteiger partial charge in [-0.05, 0) is 31.7 Å². The van der Waals surface area contributed by atoms with E-state index in [1.807, 2.05) is 6.07 Å². The predicted molar refractivity (Wildman–Crippen MR) is 85.4 cm³/mol. The predicted octanol–water partition coefficient (Wildman–Crippen LogP) is 1.96. The van der Waals surface area contributed by atoms with Gasteiger partial charge in [0, 0.05) is 37.3 Å². The summed E-state index contributed by atoms with van der Waals surface area (Å²) < 4.78 is 5.78. The van der Waals surface area contributed by atoms with Gasteiger partial charge in [0.1, 0.15) is 0 Å². The van der Waals surface area contributed by atoms with Crippen molar-refractivity contribution in [1.82, 2.24) is 15.2 Å². The number of pyridine rings is 1. The number of fused-ring (bicyclic) bond motifs is 1. The maximum absolute atomic E-state index is 5.78. The third-order valence-electron chi connectivity index (χ3n) is 3.89. The number of rotatable bonds is 4. The number of hydrogen-bond donors (Lipinski definition) is 1. The molecule has 4 nitrogen and oxygen atoms in total. The Bertz CT molecular complexity index is 608. The molecule has 0 saturated carbocycles. The van der Waals surface area contributed by atoms with E-state index >= 15 is 0 Å². The maximum atomic E-state index is 5.78. The van der Waals surface area contributed by atoms with Gasteiger partial charge in [-0.15, -0.1) is 0 Å². The first-order valence-corrected chi connectivity index (χ1v) is 7.58. The van der Waals surface area contributed by atoms with Gasteiger partial charge < -0.3 is 10.1 Å². The Kier molecular flexibility index (Phi) is 4.48. The van der Waals surface area contributed by atoms with Gasteiger partial charge in [0.25, 0.3) is 0 Å². The molecule has 1 aliphatic rings. The Hall–Kier alpha value is -1.49. The summed E-state index contributed by atoms with van der Waals surface area (Å²) in [6, 6.07) is 10.6. The van der Waals surface area contributed by atoms with E-state index in [9.17, 15) is 0 Å². The third-order valence-corrected chi connectivity index (χ3v) is 3.89. The van der Waals surface area contributed by atoms with E-state index in [4.69, 9.17) is 4.74 Å². The molecule has 1 fully saturated rings. The van der Waals surface area contributed by atoms with Crippen LogP contribution in [0.3, 0.4) is 0 Å². The van der Waals surface area contributed by atoms with Crippen molar-refractivity contribution < 1.29 is 4.74 Å². The Morgan fingerprint density at radius 2 is 2.24 bits per heavy atom. The summed E-state index contributed by atoms with van der Waals surface area (Å²) in [6.45, 7) is 6.65. The van der Waals surface area contributed by atoms with Gasteiger partial charge >= 0.3 is 0 Å². The molecule has 1 atom stereocenters. The molecule has 2 heterocycles. The molecule has 4 heteroatoms. The summed E-state index contributed by atoms with van der Waals surface area (Å²) in [4.78, 5) is 6.94. The van der Waals surface area contributed by atoms with Gasteiger partial charge in [-0.3, -0.25) is 9.88 Å². The lowest BCUT2D eigenvalue weighted by molar-refractivity contribution is 0.00890. The molecule has 2 aromatic rings. The molecule has 0 spiro atoms. The van der Waals surface area contributed by atoms with Gasteiger partial charge in [0.2, 0.25) is 0 Å². The van der Waals surface area contributed by atoms with Crippen LogP contribution in [0.2, 0.25) is 0 Å². The van der Waals surface area contributed by atoms with Crippen LogP contribution in [-0.2, 0) is 11.3 Å². The molecule has 0 aliphatic carbocycles. The quantitative estimate of drug-likeness (QED) is 0.932. The average molecular weight is 285 g/mol. The number of ether oxygens (including phenoxy) is 1. The zero-order valence-corrected chi connectivity index (χ0v) is 12.8. The Balaban J connectivity index is 1.74. The second-order valence-corrected chi connectivity index (χ2v) is 5.83.